The summed E-state index contributed by atoms with van der Waals surface area (Å²) in [5.41, 5.74) is 6.67. The maximum Gasteiger partial charge on any atom is 0.417 e. The Morgan fingerprint density at radius 3 is 2.56 bits per heavy atom. The van der Waals surface area contributed by atoms with Crippen LogP contribution < -0.4 is 10.5 Å². The van der Waals surface area contributed by atoms with Crippen LogP contribution in [-0.2, 0) is 12.6 Å². The number of nitrogens with two attached hydrogens (primary N) is 1. The van der Waals surface area contributed by atoms with Gasteiger partial charge in [-0.3, -0.25) is 0 Å². The molecule has 1 atom stereocenters. The molecule has 0 aliphatic rings. The summed E-state index contributed by atoms with van der Waals surface area (Å²) in [5.74, 6) is 0.303. The van der Waals surface area contributed by atoms with Crippen molar-refractivity contribution in [1.82, 2.24) is 19.6 Å². The lowest BCUT2D eigenvalue weighted by molar-refractivity contribution is -0.137. The van der Waals surface area contributed by atoms with Crippen LogP contribution in [0.2, 0.25) is 10.0 Å². The molecule has 0 saturated heterocycles. The topological polar surface area (TPSA) is 98.6 Å². The fourth-order valence-electron chi connectivity index (χ4n) is 3.18. The van der Waals surface area contributed by atoms with Crippen molar-refractivity contribution in [2.45, 2.75) is 25.6 Å². The number of imidazole rings is 1. The molecule has 0 radical (unpaired) electrons. The van der Waals surface area contributed by atoms with E-state index in [1.54, 1.807) is 13.0 Å². The maximum atomic E-state index is 13.3. The van der Waals surface area contributed by atoms with Crippen LogP contribution in [0, 0.1) is 0 Å². The normalized spacial score (nSPS) is 12.9. The van der Waals surface area contributed by atoms with Crippen LogP contribution in [0.1, 0.15) is 18.1 Å². The Hall–Kier alpha value is -2.44. The second kappa shape index (κ2) is 9.67. The molecule has 3 N–H and O–H groups in total. The lowest BCUT2D eigenvalue weighted by Crippen LogP contribution is -2.31. The Balaban J connectivity index is 1.67. The molecule has 0 bridgehead atoms. The number of pyridine rings is 1. The van der Waals surface area contributed by atoms with E-state index in [0.717, 1.165) is 12.3 Å². The third-order valence-electron chi connectivity index (χ3n) is 4.92. The molecule has 3 heterocycles. The van der Waals surface area contributed by atoms with Crippen LogP contribution in [0.4, 0.5) is 13.2 Å². The predicted molar refractivity (Wildman–Crippen MR) is 124 cm³/mol. The molecular formula is C21H18Cl2F3N5O2S. The Labute approximate surface area is 205 Å². The first-order chi connectivity index (χ1) is 16.1. The summed E-state index contributed by atoms with van der Waals surface area (Å²) in [4.78, 5) is 4.48. The number of ether oxygens (including phenoxy) is 1. The lowest BCUT2D eigenvalue weighted by Gasteiger charge is -2.13. The fraction of sp³-hybridized carbons (Fsp3) is 0.286. The molecule has 7 nitrogen and oxygen atoms in total. The molecule has 4 rings (SSSR count). The molecule has 3 aromatic heterocycles. The number of aromatic nitrogens is 4. The van der Waals surface area contributed by atoms with E-state index in [2.05, 4.69) is 15.2 Å². The molecule has 13 heteroatoms. The highest BCUT2D eigenvalue weighted by molar-refractivity contribution is 7.18. The first-order valence-corrected chi connectivity index (χ1v) is 11.6. The van der Waals surface area contributed by atoms with E-state index < -0.39 is 17.8 Å². The number of aliphatic hydroxyl groups excluding tert-OH is 1. The summed E-state index contributed by atoms with van der Waals surface area (Å²) in [5, 5.41) is 18.7. The third kappa shape index (κ3) is 4.98. The first-order valence-electron chi connectivity index (χ1n) is 10.0. The molecular weight excluding hydrogens is 514 g/mol. The summed E-state index contributed by atoms with van der Waals surface area (Å²) >= 11 is 13.9. The number of hydrogen-bond donors (Lipinski definition) is 2. The number of hydrogen-bond acceptors (Lipinski definition) is 7. The van der Waals surface area contributed by atoms with E-state index in [1.165, 1.54) is 28.0 Å². The van der Waals surface area contributed by atoms with E-state index in [1.807, 2.05) is 0 Å². The zero-order chi connectivity index (χ0) is 24.6. The quantitative estimate of drug-likeness (QED) is 0.344. The second-order valence-electron chi connectivity index (χ2n) is 7.39. The fourth-order valence-corrected chi connectivity index (χ4v) is 4.52. The Bertz CT molecular complexity index is 1340. The summed E-state index contributed by atoms with van der Waals surface area (Å²) in [6, 6.07) is 3.63. The highest BCUT2D eigenvalue weighted by Gasteiger charge is 2.32. The minimum Gasteiger partial charge on any atom is -0.490 e. The van der Waals surface area contributed by atoms with Crippen LogP contribution in [0.3, 0.4) is 0 Å². The van der Waals surface area contributed by atoms with Gasteiger partial charge in [0.2, 0.25) is 0 Å². The summed E-state index contributed by atoms with van der Waals surface area (Å²) < 4.78 is 46.6. The molecule has 0 saturated carbocycles. The van der Waals surface area contributed by atoms with Crippen molar-refractivity contribution in [3.8, 4) is 27.0 Å². The second-order valence-corrected chi connectivity index (χ2v) is 9.18. The van der Waals surface area contributed by atoms with Gasteiger partial charge in [0.05, 0.1) is 28.3 Å². The van der Waals surface area contributed by atoms with Gasteiger partial charge in [-0.05, 0) is 24.1 Å². The number of aryl methyl sites for hydroxylation is 1. The van der Waals surface area contributed by atoms with Gasteiger partial charge < -0.3 is 20.0 Å². The van der Waals surface area contributed by atoms with E-state index in [-0.39, 0.29) is 18.2 Å². The van der Waals surface area contributed by atoms with Crippen molar-refractivity contribution >= 4 is 40.2 Å². The monoisotopic (exact) mass is 531 g/mol. The number of fused-ring (bicyclic) bond motifs is 1. The largest absolute Gasteiger partial charge is 0.490 e. The van der Waals surface area contributed by atoms with Gasteiger partial charge in [0, 0.05) is 24.0 Å². The van der Waals surface area contributed by atoms with Crippen molar-refractivity contribution < 1.29 is 23.0 Å². The Morgan fingerprint density at radius 2 is 1.88 bits per heavy atom. The van der Waals surface area contributed by atoms with E-state index in [9.17, 15) is 13.2 Å². The Kier molecular flexibility index (Phi) is 7.02. The summed E-state index contributed by atoms with van der Waals surface area (Å²) in [6.45, 7) is 1.58. The Morgan fingerprint density at radius 1 is 1.15 bits per heavy atom. The van der Waals surface area contributed by atoms with Crippen LogP contribution in [-0.4, -0.2) is 43.9 Å². The maximum absolute atomic E-state index is 13.3. The number of rotatable bonds is 7. The van der Waals surface area contributed by atoms with Gasteiger partial charge in [-0.25, -0.2) is 4.98 Å². The smallest absolute Gasteiger partial charge is 0.417 e. The van der Waals surface area contributed by atoms with Crippen LogP contribution in [0.5, 0.6) is 5.75 Å². The minimum atomic E-state index is -4.46. The standard InChI is InChI=1S/C21H18Cl2F3N5O2S/c1-2-10-3-11(21(24,25)26)6-31-7-16(28-18(10)31)20-30-29-19(34-20)13-4-15(23)17(5-14(13)22)33-9-12(27)8-32/h3-7,12,32H,2,8-9,27H2,1H3. The minimum absolute atomic E-state index is 0.0541. The highest BCUT2D eigenvalue weighted by Crippen LogP contribution is 2.39. The van der Waals surface area contributed by atoms with Gasteiger partial charge in [-0.1, -0.05) is 41.5 Å². The molecule has 0 aliphatic carbocycles. The van der Waals surface area contributed by atoms with E-state index in [0.29, 0.717) is 49.7 Å². The summed E-state index contributed by atoms with van der Waals surface area (Å²) in [7, 11) is 0. The van der Waals surface area contributed by atoms with Gasteiger partial charge in [-0.2, -0.15) is 13.2 Å². The highest BCUT2D eigenvalue weighted by atomic mass is 35.5. The van der Waals surface area contributed by atoms with E-state index in [4.69, 9.17) is 38.8 Å². The SMILES string of the molecule is CCc1cc(C(F)(F)F)cn2cc(-c3nnc(-c4cc(Cl)c(OCC(N)CO)cc4Cl)s3)nc12. The van der Waals surface area contributed by atoms with Crippen molar-refractivity contribution in [3.05, 3.63) is 51.8 Å². The van der Waals surface area contributed by atoms with Crippen molar-refractivity contribution in [2.24, 2.45) is 5.73 Å². The molecule has 0 amide bonds. The van der Waals surface area contributed by atoms with Gasteiger partial charge in [0.25, 0.3) is 0 Å². The number of benzene rings is 1. The molecule has 180 valence electrons. The lowest BCUT2D eigenvalue weighted by atomic mass is 10.1. The molecule has 1 unspecified atom stereocenters. The van der Waals surface area contributed by atoms with Gasteiger partial charge in [-0.15, -0.1) is 10.2 Å². The average molecular weight is 532 g/mol. The third-order valence-corrected chi connectivity index (χ3v) is 6.51. The van der Waals surface area contributed by atoms with Crippen molar-refractivity contribution in [2.75, 3.05) is 13.2 Å². The van der Waals surface area contributed by atoms with Crippen molar-refractivity contribution in [1.29, 1.82) is 0 Å². The van der Waals surface area contributed by atoms with Gasteiger partial charge in [0.15, 0.2) is 5.01 Å². The molecule has 0 aliphatic heterocycles. The molecule has 0 fully saturated rings. The van der Waals surface area contributed by atoms with E-state index >= 15 is 0 Å². The zero-order valence-corrected chi connectivity index (χ0v) is 19.9. The molecule has 0 spiro atoms. The number of halogens is 5. The number of alkyl halides is 3. The molecule has 4 aromatic rings. The van der Waals surface area contributed by atoms with Crippen LogP contribution in [0.25, 0.3) is 26.9 Å². The first kappa shape index (κ1) is 24.7. The van der Waals surface area contributed by atoms with Gasteiger partial charge >= 0.3 is 6.18 Å². The van der Waals surface area contributed by atoms with Crippen LogP contribution >= 0.6 is 34.5 Å². The van der Waals surface area contributed by atoms with Crippen LogP contribution in [0.15, 0.2) is 30.6 Å². The number of aliphatic hydroxyl groups is 1. The molecule has 34 heavy (non-hydrogen) atoms. The summed E-state index contributed by atoms with van der Waals surface area (Å²) in [6.07, 6.45) is -1.58. The van der Waals surface area contributed by atoms with Gasteiger partial charge in [0.1, 0.15) is 28.7 Å². The predicted octanol–water partition coefficient (Wildman–Crippen LogP) is 5.11. The average Bonchev–Trinajstić information content (AvgIpc) is 3.44. The number of nitrogens with zero attached hydrogens (tertiary/aromatic N) is 4. The van der Waals surface area contributed by atoms with Crippen molar-refractivity contribution in [3.63, 3.8) is 0 Å². The zero-order valence-electron chi connectivity index (χ0n) is 17.6. The molecule has 1 aromatic carbocycles.